The van der Waals surface area contributed by atoms with E-state index in [9.17, 15) is 4.79 Å². The van der Waals surface area contributed by atoms with Gasteiger partial charge in [0.1, 0.15) is 17.9 Å². The van der Waals surface area contributed by atoms with Crippen LogP contribution in [0.3, 0.4) is 0 Å². The van der Waals surface area contributed by atoms with E-state index in [1.165, 1.54) is 11.3 Å². The van der Waals surface area contributed by atoms with Gasteiger partial charge in [0.2, 0.25) is 5.88 Å². The van der Waals surface area contributed by atoms with Crippen LogP contribution < -0.4 is 4.74 Å². The predicted molar refractivity (Wildman–Crippen MR) is 79.7 cm³/mol. The molecule has 0 unspecified atom stereocenters. The van der Waals surface area contributed by atoms with E-state index in [1.807, 2.05) is 0 Å². The highest BCUT2D eigenvalue weighted by atomic mass is 32.1. The molecule has 22 heavy (non-hydrogen) atoms. The van der Waals surface area contributed by atoms with Crippen molar-refractivity contribution in [3.05, 3.63) is 53.6 Å². The van der Waals surface area contributed by atoms with Gasteiger partial charge in [-0.2, -0.15) is 0 Å². The third-order valence-corrected chi connectivity index (χ3v) is 3.75. The van der Waals surface area contributed by atoms with Gasteiger partial charge < -0.3 is 13.9 Å². The first-order valence-electron chi connectivity index (χ1n) is 6.40. The molecule has 0 amide bonds. The predicted octanol–water partition coefficient (Wildman–Crippen LogP) is 3.16. The van der Waals surface area contributed by atoms with Gasteiger partial charge in [-0.05, 0) is 12.1 Å². The Morgan fingerprint density at radius 2 is 2.27 bits per heavy atom. The highest BCUT2D eigenvalue weighted by Crippen LogP contribution is 2.24. The molecule has 0 atom stereocenters. The summed E-state index contributed by atoms with van der Waals surface area (Å²) in [6.45, 7) is 0.133. The fourth-order valence-electron chi connectivity index (χ4n) is 1.73. The number of ether oxygens (including phenoxy) is 2. The molecule has 0 saturated heterocycles. The molecule has 3 heterocycles. The lowest BCUT2D eigenvalue weighted by atomic mass is 10.3. The molecule has 0 saturated carbocycles. The zero-order valence-corrected chi connectivity index (χ0v) is 12.5. The van der Waals surface area contributed by atoms with Crippen LogP contribution in [0.1, 0.15) is 16.1 Å². The Morgan fingerprint density at radius 3 is 2.95 bits per heavy atom. The Bertz CT molecular complexity index is 750. The third-order valence-electron chi connectivity index (χ3n) is 2.86. The molecule has 0 aliphatic rings. The van der Waals surface area contributed by atoms with Crippen molar-refractivity contribution in [2.75, 3.05) is 7.11 Å². The molecule has 3 rings (SSSR count). The Labute approximate surface area is 130 Å². The largest absolute Gasteiger partial charge is 0.481 e. The summed E-state index contributed by atoms with van der Waals surface area (Å²) in [5.74, 6) is 0.0427. The molecule has 0 bridgehead atoms. The second kappa shape index (κ2) is 6.40. The zero-order chi connectivity index (χ0) is 15.4. The van der Waals surface area contributed by atoms with Gasteiger partial charge in [0.25, 0.3) is 0 Å². The van der Waals surface area contributed by atoms with E-state index in [-0.39, 0.29) is 12.3 Å². The molecule has 0 aromatic carbocycles. The molecule has 6 nitrogen and oxygen atoms in total. The molecule has 0 N–H and O–H groups in total. The van der Waals surface area contributed by atoms with Gasteiger partial charge in [0.05, 0.1) is 13.4 Å². The number of nitrogens with zero attached hydrogens (tertiary/aromatic N) is 2. The van der Waals surface area contributed by atoms with Crippen LogP contribution in [-0.2, 0) is 11.3 Å². The first-order chi connectivity index (χ1) is 10.8. The SMILES string of the molecule is COc1ccc(COC(=O)c2csc(-c3ccoc3)n2)cn1. The van der Waals surface area contributed by atoms with Gasteiger partial charge in [-0.15, -0.1) is 11.3 Å². The molecule has 0 fully saturated rings. The maximum Gasteiger partial charge on any atom is 0.358 e. The number of carbonyl (C=O) groups is 1. The molecule has 0 radical (unpaired) electrons. The minimum atomic E-state index is -0.471. The van der Waals surface area contributed by atoms with Crippen LogP contribution in [-0.4, -0.2) is 23.0 Å². The van der Waals surface area contributed by atoms with Crippen molar-refractivity contribution in [1.82, 2.24) is 9.97 Å². The molecule has 112 valence electrons. The molecular weight excluding hydrogens is 304 g/mol. The fraction of sp³-hybridized carbons (Fsp3) is 0.133. The topological polar surface area (TPSA) is 74.5 Å². The number of carbonyl (C=O) groups excluding carboxylic acids is 1. The molecule has 0 aliphatic carbocycles. The van der Waals surface area contributed by atoms with Crippen molar-refractivity contribution in [1.29, 1.82) is 0 Å². The first-order valence-corrected chi connectivity index (χ1v) is 7.28. The van der Waals surface area contributed by atoms with E-state index < -0.39 is 5.97 Å². The Kier molecular flexibility index (Phi) is 4.15. The normalized spacial score (nSPS) is 10.4. The number of furan rings is 1. The molecule has 7 heteroatoms. The second-order valence-electron chi connectivity index (χ2n) is 4.33. The fourth-order valence-corrected chi connectivity index (χ4v) is 2.50. The summed E-state index contributed by atoms with van der Waals surface area (Å²) in [7, 11) is 1.54. The van der Waals surface area contributed by atoms with E-state index in [0.717, 1.165) is 11.1 Å². The van der Waals surface area contributed by atoms with Crippen molar-refractivity contribution < 1.29 is 18.7 Å². The highest BCUT2D eigenvalue weighted by molar-refractivity contribution is 7.13. The lowest BCUT2D eigenvalue weighted by Gasteiger charge is -2.03. The molecule has 3 aromatic heterocycles. The minimum absolute atomic E-state index is 0.133. The van der Waals surface area contributed by atoms with E-state index >= 15 is 0 Å². The van der Waals surface area contributed by atoms with Crippen LogP contribution in [0.4, 0.5) is 0 Å². The number of methoxy groups -OCH3 is 1. The van der Waals surface area contributed by atoms with Gasteiger partial charge in [-0.1, -0.05) is 0 Å². The molecule has 0 spiro atoms. The van der Waals surface area contributed by atoms with Crippen molar-refractivity contribution in [2.24, 2.45) is 0 Å². The number of hydrogen-bond acceptors (Lipinski definition) is 7. The number of thiazole rings is 1. The standard InChI is InChI=1S/C15H12N2O4S/c1-19-13-3-2-10(6-16-13)7-21-15(18)12-9-22-14(17-12)11-4-5-20-8-11/h2-6,8-9H,7H2,1H3. The summed E-state index contributed by atoms with van der Waals surface area (Å²) >= 11 is 1.36. The summed E-state index contributed by atoms with van der Waals surface area (Å²) in [6.07, 6.45) is 4.74. The maximum absolute atomic E-state index is 12.0. The van der Waals surface area contributed by atoms with E-state index in [1.54, 1.807) is 49.4 Å². The summed E-state index contributed by atoms with van der Waals surface area (Å²) in [4.78, 5) is 20.3. The average Bonchev–Trinajstić information content (AvgIpc) is 3.23. The Morgan fingerprint density at radius 1 is 1.36 bits per heavy atom. The maximum atomic E-state index is 12.0. The van der Waals surface area contributed by atoms with Crippen LogP contribution in [0.15, 0.2) is 46.7 Å². The summed E-state index contributed by atoms with van der Waals surface area (Å²) in [5.41, 5.74) is 1.89. The summed E-state index contributed by atoms with van der Waals surface area (Å²) < 4.78 is 15.2. The Hall–Kier alpha value is -2.67. The van der Waals surface area contributed by atoms with Crippen LogP contribution >= 0.6 is 11.3 Å². The van der Waals surface area contributed by atoms with Crippen molar-refractivity contribution in [2.45, 2.75) is 6.61 Å². The molecule has 0 aliphatic heterocycles. The monoisotopic (exact) mass is 316 g/mol. The van der Waals surface area contributed by atoms with E-state index in [0.29, 0.717) is 10.9 Å². The first kappa shape index (κ1) is 14.3. The molecular formula is C15H12N2O4S. The van der Waals surface area contributed by atoms with Crippen LogP contribution in [0.2, 0.25) is 0 Å². The van der Waals surface area contributed by atoms with Crippen LogP contribution in [0.5, 0.6) is 5.88 Å². The van der Waals surface area contributed by atoms with Gasteiger partial charge in [0.15, 0.2) is 5.69 Å². The van der Waals surface area contributed by atoms with Crippen molar-refractivity contribution in [3.8, 4) is 16.5 Å². The summed E-state index contributed by atoms with van der Waals surface area (Å²) in [5, 5.41) is 2.38. The third kappa shape index (κ3) is 3.15. The molecule has 3 aromatic rings. The van der Waals surface area contributed by atoms with Crippen LogP contribution in [0.25, 0.3) is 10.6 Å². The van der Waals surface area contributed by atoms with Gasteiger partial charge in [-0.3, -0.25) is 0 Å². The summed E-state index contributed by atoms with van der Waals surface area (Å²) in [6, 6.07) is 5.29. The number of rotatable bonds is 5. The van der Waals surface area contributed by atoms with E-state index in [4.69, 9.17) is 13.9 Å². The highest BCUT2D eigenvalue weighted by Gasteiger charge is 2.14. The average molecular weight is 316 g/mol. The number of esters is 1. The number of aromatic nitrogens is 2. The lowest BCUT2D eigenvalue weighted by Crippen LogP contribution is -2.06. The number of hydrogen-bond donors (Lipinski definition) is 0. The second-order valence-corrected chi connectivity index (χ2v) is 5.19. The quantitative estimate of drug-likeness (QED) is 0.673. The van der Waals surface area contributed by atoms with Gasteiger partial charge in [-0.25, -0.2) is 14.8 Å². The Balaban J connectivity index is 1.62. The van der Waals surface area contributed by atoms with Crippen LogP contribution in [0, 0.1) is 0 Å². The number of pyridine rings is 1. The minimum Gasteiger partial charge on any atom is -0.481 e. The van der Waals surface area contributed by atoms with Crippen molar-refractivity contribution in [3.63, 3.8) is 0 Å². The smallest absolute Gasteiger partial charge is 0.358 e. The van der Waals surface area contributed by atoms with Gasteiger partial charge >= 0.3 is 5.97 Å². The van der Waals surface area contributed by atoms with E-state index in [2.05, 4.69) is 9.97 Å². The zero-order valence-electron chi connectivity index (χ0n) is 11.7. The lowest BCUT2D eigenvalue weighted by molar-refractivity contribution is 0.0466. The van der Waals surface area contributed by atoms with Gasteiger partial charge in [0, 0.05) is 28.8 Å². The van der Waals surface area contributed by atoms with Crippen molar-refractivity contribution >= 4 is 17.3 Å².